The van der Waals surface area contributed by atoms with E-state index in [0.29, 0.717) is 9.75 Å². The molecule has 0 aliphatic carbocycles. The smallest absolute Gasteiger partial charge is 0.349 e. The van der Waals surface area contributed by atoms with E-state index in [9.17, 15) is 9.90 Å². The maximum Gasteiger partial charge on any atom is 0.349 e. The van der Waals surface area contributed by atoms with Crippen molar-refractivity contribution in [2.75, 3.05) is 26.7 Å². The minimum atomic E-state index is -1.73. The van der Waals surface area contributed by atoms with Crippen LogP contribution in [0.4, 0.5) is 0 Å². The monoisotopic (exact) mass is 440 g/mol. The summed E-state index contributed by atoms with van der Waals surface area (Å²) in [6.45, 7) is 2.56. The first-order chi connectivity index (χ1) is 14.5. The predicted molar refractivity (Wildman–Crippen MR) is 122 cm³/mol. The Morgan fingerprint density at radius 3 is 2.40 bits per heavy atom. The van der Waals surface area contributed by atoms with Gasteiger partial charge in [0, 0.05) is 6.42 Å². The van der Waals surface area contributed by atoms with Crippen LogP contribution in [0, 0.1) is 0 Å². The second-order valence-corrected chi connectivity index (χ2v) is 9.90. The molecule has 1 aromatic carbocycles. The zero-order chi connectivity index (χ0) is 21.0. The average molecular weight is 441 g/mol. The molecule has 1 fully saturated rings. The van der Waals surface area contributed by atoms with Gasteiger partial charge in [-0.3, -0.25) is 0 Å². The zero-order valence-electron chi connectivity index (χ0n) is 16.9. The summed E-state index contributed by atoms with van der Waals surface area (Å²) >= 11 is 2.73. The molecule has 2 unspecified atom stereocenters. The topological polar surface area (TPSA) is 46.5 Å². The highest BCUT2D eigenvalue weighted by Crippen LogP contribution is 2.37. The van der Waals surface area contributed by atoms with Crippen molar-refractivity contribution in [1.29, 1.82) is 0 Å². The average Bonchev–Trinajstić information content (AvgIpc) is 3.51. The van der Waals surface area contributed by atoms with Crippen LogP contribution >= 0.6 is 22.7 Å². The van der Waals surface area contributed by atoms with Gasteiger partial charge in [-0.05, 0) is 34.5 Å². The van der Waals surface area contributed by atoms with E-state index in [-0.39, 0.29) is 6.10 Å². The number of likely N-dealkylation sites (tertiary alicyclic amines) is 1. The van der Waals surface area contributed by atoms with E-state index in [4.69, 9.17) is 4.74 Å². The summed E-state index contributed by atoms with van der Waals surface area (Å²) in [7, 11) is 2.19. The Morgan fingerprint density at radius 1 is 1.13 bits per heavy atom. The van der Waals surface area contributed by atoms with Crippen molar-refractivity contribution in [3.05, 3.63) is 86.8 Å². The second-order valence-electron chi connectivity index (χ2n) is 8.00. The molecule has 4 rings (SSSR count). The fourth-order valence-electron chi connectivity index (χ4n) is 3.93. The van der Waals surface area contributed by atoms with Crippen LogP contribution in [0.1, 0.15) is 21.7 Å². The summed E-state index contributed by atoms with van der Waals surface area (Å²) in [6, 6.07) is 17.5. The molecule has 3 aromatic rings. The number of likely N-dealkylation sites (N-methyl/N-ethyl adjacent to an activating group) is 1. The Morgan fingerprint density at radius 2 is 1.80 bits per heavy atom. The van der Waals surface area contributed by atoms with Gasteiger partial charge in [0.2, 0.25) is 5.60 Å². The summed E-state index contributed by atoms with van der Waals surface area (Å²) < 4.78 is 6.69. The molecule has 0 bridgehead atoms. The fraction of sp³-hybridized carbons (Fsp3) is 0.292. The zero-order valence-corrected chi connectivity index (χ0v) is 18.6. The van der Waals surface area contributed by atoms with Gasteiger partial charge < -0.3 is 14.3 Å². The lowest BCUT2D eigenvalue weighted by Gasteiger charge is -2.29. The van der Waals surface area contributed by atoms with Gasteiger partial charge in [-0.15, -0.1) is 22.7 Å². The lowest BCUT2D eigenvalue weighted by Crippen LogP contribution is -2.44. The Labute approximate surface area is 185 Å². The molecule has 1 aliphatic rings. The molecule has 0 amide bonds. The van der Waals surface area contributed by atoms with Gasteiger partial charge in [0.05, 0.1) is 29.9 Å². The fourth-order valence-corrected chi connectivity index (χ4v) is 5.64. The van der Waals surface area contributed by atoms with Crippen LogP contribution in [-0.2, 0) is 15.1 Å². The number of carbonyl (C=O) groups is 1. The minimum Gasteiger partial charge on any atom is -0.453 e. The first-order valence-electron chi connectivity index (χ1n) is 10.1. The Bertz CT molecular complexity index is 949. The number of hydrogen-bond acceptors (Lipinski definition) is 5. The molecule has 0 radical (unpaired) electrons. The van der Waals surface area contributed by atoms with Crippen molar-refractivity contribution >= 4 is 34.7 Å². The molecular formula is C24H26NO3S2+. The van der Waals surface area contributed by atoms with E-state index >= 15 is 0 Å². The minimum absolute atomic E-state index is 0.195. The van der Waals surface area contributed by atoms with E-state index in [1.165, 1.54) is 28.2 Å². The number of benzene rings is 1. The molecule has 1 N–H and O–H groups in total. The van der Waals surface area contributed by atoms with Gasteiger partial charge >= 0.3 is 5.97 Å². The third-order valence-corrected chi connectivity index (χ3v) is 7.57. The molecule has 156 valence electrons. The van der Waals surface area contributed by atoms with Gasteiger partial charge in [-0.2, -0.15) is 0 Å². The normalized spacial score (nSPS) is 21.9. The third kappa shape index (κ3) is 4.42. The van der Waals surface area contributed by atoms with Crippen LogP contribution in [0.3, 0.4) is 0 Å². The van der Waals surface area contributed by atoms with Gasteiger partial charge in [-0.25, -0.2) is 4.79 Å². The number of rotatable bonds is 7. The lowest BCUT2D eigenvalue weighted by molar-refractivity contribution is -0.893. The van der Waals surface area contributed by atoms with Gasteiger partial charge in [-0.1, -0.05) is 48.5 Å². The summed E-state index contributed by atoms with van der Waals surface area (Å²) in [4.78, 5) is 14.3. The van der Waals surface area contributed by atoms with Crippen molar-refractivity contribution in [3.8, 4) is 0 Å². The number of nitrogens with zero attached hydrogens (tertiary/aromatic N) is 1. The van der Waals surface area contributed by atoms with Crippen LogP contribution in [-0.4, -0.2) is 48.3 Å². The number of quaternary nitrogens is 1. The van der Waals surface area contributed by atoms with Crippen molar-refractivity contribution in [3.63, 3.8) is 0 Å². The first-order valence-corrected chi connectivity index (χ1v) is 11.8. The maximum atomic E-state index is 13.1. The van der Waals surface area contributed by atoms with Crippen molar-refractivity contribution in [1.82, 2.24) is 0 Å². The van der Waals surface area contributed by atoms with Crippen molar-refractivity contribution < 1.29 is 19.1 Å². The van der Waals surface area contributed by atoms with E-state index in [1.807, 2.05) is 41.1 Å². The molecule has 3 heterocycles. The number of carbonyl (C=O) groups excluding carboxylic acids is 1. The maximum absolute atomic E-state index is 13.1. The summed E-state index contributed by atoms with van der Waals surface area (Å²) in [5, 5.41) is 15.1. The molecule has 2 aromatic heterocycles. The standard InChI is InChI=1S/C24H26NO3S2/c1-25(14-5-10-19-8-3-2-4-9-19)15-13-20(18-25)28-23(26)24(27,21-11-6-16-29-21)22-12-7-17-30-22/h2-12,16-17,20,27H,13-15,18H2,1H3/q+1. The molecule has 1 aliphatic heterocycles. The summed E-state index contributed by atoms with van der Waals surface area (Å²) in [6.07, 6.45) is 4.92. The predicted octanol–water partition coefficient (Wildman–Crippen LogP) is 4.52. The van der Waals surface area contributed by atoms with Crippen LogP contribution in [0.25, 0.3) is 6.08 Å². The molecule has 0 saturated carbocycles. The molecule has 6 heteroatoms. The summed E-state index contributed by atoms with van der Waals surface area (Å²) in [5.41, 5.74) is -0.551. The number of esters is 1. The van der Waals surface area contributed by atoms with Crippen molar-refractivity contribution in [2.24, 2.45) is 0 Å². The second kappa shape index (κ2) is 8.86. The van der Waals surface area contributed by atoms with Crippen LogP contribution < -0.4 is 0 Å². The summed E-state index contributed by atoms with van der Waals surface area (Å²) in [5.74, 6) is -0.578. The van der Waals surface area contributed by atoms with Crippen LogP contribution in [0.2, 0.25) is 0 Å². The number of thiophene rings is 2. The van der Waals surface area contributed by atoms with E-state index in [0.717, 1.165) is 30.5 Å². The highest BCUT2D eigenvalue weighted by atomic mass is 32.1. The number of ether oxygens (including phenoxy) is 1. The highest BCUT2D eigenvalue weighted by Gasteiger charge is 2.46. The van der Waals surface area contributed by atoms with Crippen LogP contribution in [0.15, 0.2) is 71.4 Å². The SMILES string of the molecule is C[N+]1(CC=Cc2ccccc2)CCC(OC(=O)C(O)(c2cccs2)c2cccs2)C1. The molecular weight excluding hydrogens is 414 g/mol. The third-order valence-electron chi connectivity index (χ3n) is 5.62. The number of aliphatic hydroxyl groups is 1. The highest BCUT2D eigenvalue weighted by molar-refractivity contribution is 7.12. The number of hydrogen-bond donors (Lipinski definition) is 1. The first kappa shape index (κ1) is 21.0. The van der Waals surface area contributed by atoms with E-state index < -0.39 is 11.6 Å². The van der Waals surface area contributed by atoms with Gasteiger partial charge in [0.15, 0.2) is 6.10 Å². The molecule has 1 saturated heterocycles. The lowest BCUT2D eigenvalue weighted by atomic mass is 10.00. The van der Waals surface area contributed by atoms with Gasteiger partial charge in [0.25, 0.3) is 0 Å². The van der Waals surface area contributed by atoms with E-state index in [2.05, 4.69) is 31.3 Å². The van der Waals surface area contributed by atoms with Crippen LogP contribution in [0.5, 0.6) is 0 Å². The van der Waals surface area contributed by atoms with Gasteiger partial charge in [0.1, 0.15) is 6.54 Å². The Hall–Kier alpha value is -2.25. The Balaban J connectivity index is 1.42. The molecule has 0 spiro atoms. The van der Waals surface area contributed by atoms with Crippen molar-refractivity contribution in [2.45, 2.75) is 18.1 Å². The quantitative estimate of drug-likeness (QED) is 0.434. The molecule has 30 heavy (non-hydrogen) atoms. The van der Waals surface area contributed by atoms with E-state index in [1.54, 1.807) is 12.1 Å². The molecule has 2 atom stereocenters. The molecule has 4 nitrogen and oxygen atoms in total. The largest absolute Gasteiger partial charge is 0.453 e. The Kier molecular flexibility index (Phi) is 6.20.